The molecule has 3 heteroatoms. The molecule has 1 heterocycles. The van der Waals surface area contributed by atoms with Gasteiger partial charge in [0.05, 0.1) is 5.69 Å². The third-order valence-corrected chi connectivity index (χ3v) is 1.63. The quantitative estimate of drug-likeness (QED) is 0.622. The van der Waals surface area contributed by atoms with Crippen molar-refractivity contribution in [3.63, 3.8) is 0 Å². The Morgan fingerprint density at radius 3 is 2.58 bits per heavy atom. The van der Waals surface area contributed by atoms with Gasteiger partial charge in [-0.3, -0.25) is 0 Å². The molecule has 0 unspecified atom stereocenters. The van der Waals surface area contributed by atoms with Crippen LogP contribution in [0.15, 0.2) is 17.1 Å². The Balaban J connectivity index is 3.20. The third-order valence-electron chi connectivity index (χ3n) is 1.63. The van der Waals surface area contributed by atoms with Gasteiger partial charge in [0, 0.05) is 19.8 Å². The van der Waals surface area contributed by atoms with Crippen molar-refractivity contribution in [1.29, 1.82) is 0 Å². The maximum Gasteiger partial charge on any atom is 0.175 e. The number of aliphatic imine (C=N–C) groups is 1. The monoisotopic (exact) mass is 163 g/mol. The smallest absolute Gasteiger partial charge is 0.175 e. The zero-order valence-corrected chi connectivity index (χ0v) is 7.70. The molecule has 1 aromatic heterocycles. The lowest BCUT2D eigenvalue weighted by Crippen LogP contribution is -2.09. The molecular formula is C9H13N3. The van der Waals surface area contributed by atoms with Crippen LogP contribution in [0.25, 0.3) is 0 Å². The Hall–Kier alpha value is -1.38. The predicted molar refractivity (Wildman–Crippen MR) is 52.5 cm³/mol. The highest BCUT2D eigenvalue weighted by molar-refractivity contribution is 5.64. The van der Waals surface area contributed by atoms with Crippen molar-refractivity contribution in [1.82, 2.24) is 4.98 Å². The second kappa shape index (κ2) is 3.34. The van der Waals surface area contributed by atoms with Gasteiger partial charge in [-0.25, -0.2) is 9.98 Å². The Morgan fingerprint density at radius 2 is 2.08 bits per heavy atom. The summed E-state index contributed by atoms with van der Waals surface area (Å²) in [7, 11) is 3.92. The second-order valence-corrected chi connectivity index (χ2v) is 2.85. The van der Waals surface area contributed by atoms with Crippen molar-refractivity contribution < 1.29 is 0 Å². The molecule has 12 heavy (non-hydrogen) atoms. The van der Waals surface area contributed by atoms with Gasteiger partial charge >= 0.3 is 0 Å². The summed E-state index contributed by atoms with van der Waals surface area (Å²) in [6.07, 6.45) is 0. The van der Waals surface area contributed by atoms with Crippen molar-refractivity contribution in [3.8, 4) is 0 Å². The topological polar surface area (TPSA) is 28.5 Å². The summed E-state index contributed by atoms with van der Waals surface area (Å²) >= 11 is 0. The van der Waals surface area contributed by atoms with Gasteiger partial charge in [0.1, 0.15) is 0 Å². The normalized spacial score (nSPS) is 9.58. The van der Waals surface area contributed by atoms with E-state index >= 15 is 0 Å². The molecule has 0 radical (unpaired) electrons. The summed E-state index contributed by atoms with van der Waals surface area (Å²) in [6, 6.07) is 3.95. The van der Waals surface area contributed by atoms with Crippen LogP contribution < -0.4 is 4.90 Å². The van der Waals surface area contributed by atoms with Gasteiger partial charge in [-0.15, -0.1) is 0 Å². The van der Waals surface area contributed by atoms with Crippen LogP contribution in [0.5, 0.6) is 0 Å². The minimum atomic E-state index is 0.694. The van der Waals surface area contributed by atoms with Crippen molar-refractivity contribution in [2.75, 3.05) is 19.0 Å². The van der Waals surface area contributed by atoms with Gasteiger partial charge < -0.3 is 4.90 Å². The van der Waals surface area contributed by atoms with E-state index < -0.39 is 0 Å². The van der Waals surface area contributed by atoms with Crippen molar-refractivity contribution >= 4 is 18.2 Å². The molecule has 0 bridgehead atoms. The predicted octanol–water partition coefficient (Wildman–Crippen LogP) is 1.79. The summed E-state index contributed by atoms with van der Waals surface area (Å²) in [5.74, 6) is 0.694. The fourth-order valence-corrected chi connectivity index (χ4v) is 1.00. The number of anilines is 1. The maximum absolute atomic E-state index is 4.24. The highest BCUT2D eigenvalue weighted by Crippen LogP contribution is 2.23. The first-order chi connectivity index (χ1) is 5.65. The van der Waals surface area contributed by atoms with Gasteiger partial charge in [0.2, 0.25) is 0 Å². The van der Waals surface area contributed by atoms with Crippen LogP contribution in [0, 0.1) is 6.92 Å². The van der Waals surface area contributed by atoms with E-state index in [1.165, 1.54) is 0 Å². The average Bonchev–Trinajstić information content (AvgIpc) is 2.03. The minimum absolute atomic E-state index is 0.694. The minimum Gasteiger partial charge on any atom is -0.375 e. The first kappa shape index (κ1) is 8.71. The number of hydrogen-bond donors (Lipinski definition) is 0. The van der Waals surface area contributed by atoms with Crippen LogP contribution in [0.1, 0.15) is 5.69 Å². The van der Waals surface area contributed by atoms with Gasteiger partial charge in [-0.1, -0.05) is 0 Å². The number of rotatable bonds is 2. The Labute approximate surface area is 72.8 Å². The van der Waals surface area contributed by atoms with E-state index in [2.05, 4.69) is 16.7 Å². The number of hydrogen-bond acceptors (Lipinski definition) is 3. The lowest BCUT2D eigenvalue weighted by atomic mass is 10.3. The molecule has 1 rings (SSSR count). The second-order valence-electron chi connectivity index (χ2n) is 2.85. The average molecular weight is 163 g/mol. The Kier molecular flexibility index (Phi) is 2.43. The van der Waals surface area contributed by atoms with E-state index in [0.29, 0.717) is 5.82 Å². The molecule has 0 fully saturated rings. The van der Waals surface area contributed by atoms with Crippen LogP contribution in [0.4, 0.5) is 11.5 Å². The summed E-state index contributed by atoms with van der Waals surface area (Å²) < 4.78 is 0. The molecule has 64 valence electrons. The molecular weight excluding hydrogens is 150 g/mol. The van der Waals surface area contributed by atoms with Gasteiger partial charge in [-0.2, -0.15) is 0 Å². The lowest BCUT2D eigenvalue weighted by molar-refractivity contribution is 1.09. The van der Waals surface area contributed by atoms with E-state index in [-0.39, 0.29) is 0 Å². The zero-order chi connectivity index (χ0) is 9.14. The van der Waals surface area contributed by atoms with Crippen molar-refractivity contribution in [2.24, 2.45) is 4.99 Å². The molecule has 0 spiro atoms. The van der Waals surface area contributed by atoms with Gasteiger partial charge in [0.15, 0.2) is 5.82 Å². The summed E-state index contributed by atoms with van der Waals surface area (Å²) in [4.78, 5) is 10.1. The number of aromatic nitrogens is 1. The van der Waals surface area contributed by atoms with Gasteiger partial charge in [-0.05, 0) is 25.8 Å². The largest absolute Gasteiger partial charge is 0.375 e. The molecule has 0 saturated heterocycles. The SMILES string of the molecule is C=Nc1nc(C)ccc1N(C)C. The van der Waals surface area contributed by atoms with E-state index in [1.807, 2.05) is 38.1 Å². The van der Waals surface area contributed by atoms with Crippen molar-refractivity contribution in [2.45, 2.75) is 6.92 Å². The fourth-order valence-electron chi connectivity index (χ4n) is 1.00. The summed E-state index contributed by atoms with van der Waals surface area (Å²) in [5.41, 5.74) is 1.96. The third kappa shape index (κ3) is 1.61. The van der Waals surface area contributed by atoms with Crippen LogP contribution in [0.3, 0.4) is 0 Å². The molecule has 0 amide bonds. The summed E-state index contributed by atoms with van der Waals surface area (Å²) in [5, 5.41) is 0. The number of aryl methyl sites for hydroxylation is 1. The zero-order valence-electron chi connectivity index (χ0n) is 7.70. The number of pyridine rings is 1. The highest BCUT2D eigenvalue weighted by Gasteiger charge is 2.03. The first-order valence-electron chi connectivity index (χ1n) is 3.77. The van der Waals surface area contributed by atoms with Crippen LogP contribution in [-0.2, 0) is 0 Å². The van der Waals surface area contributed by atoms with E-state index in [4.69, 9.17) is 0 Å². The molecule has 0 aliphatic heterocycles. The van der Waals surface area contributed by atoms with Crippen molar-refractivity contribution in [3.05, 3.63) is 17.8 Å². The molecule has 0 aliphatic rings. The molecule has 0 saturated carbocycles. The molecule has 1 aromatic rings. The molecule has 0 N–H and O–H groups in total. The van der Waals surface area contributed by atoms with Gasteiger partial charge in [0.25, 0.3) is 0 Å². The van der Waals surface area contributed by atoms with E-state index in [9.17, 15) is 0 Å². The fraction of sp³-hybridized carbons (Fsp3) is 0.333. The van der Waals surface area contributed by atoms with Crippen LogP contribution in [-0.4, -0.2) is 25.8 Å². The molecule has 3 nitrogen and oxygen atoms in total. The molecule has 0 aliphatic carbocycles. The maximum atomic E-state index is 4.24. The first-order valence-corrected chi connectivity index (χ1v) is 3.77. The number of nitrogens with zero attached hydrogens (tertiary/aromatic N) is 3. The molecule has 0 aromatic carbocycles. The molecule has 0 atom stereocenters. The van der Waals surface area contributed by atoms with Crippen LogP contribution >= 0.6 is 0 Å². The van der Waals surface area contributed by atoms with Crippen LogP contribution in [0.2, 0.25) is 0 Å². The highest BCUT2D eigenvalue weighted by atomic mass is 15.1. The standard InChI is InChI=1S/C9H13N3/c1-7-5-6-8(12(3)4)9(10-2)11-7/h5-6H,2H2,1,3-4H3. The lowest BCUT2D eigenvalue weighted by Gasteiger charge is -2.13. The Morgan fingerprint density at radius 1 is 1.42 bits per heavy atom. The Bertz CT molecular complexity index is 292. The van der Waals surface area contributed by atoms with E-state index in [1.54, 1.807) is 0 Å². The summed E-state index contributed by atoms with van der Waals surface area (Å²) in [6.45, 7) is 5.41. The van der Waals surface area contributed by atoms with E-state index in [0.717, 1.165) is 11.4 Å².